The Balaban J connectivity index is 0.00000200. The van der Waals surface area contributed by atoms with Crippen LogP contribution in [0.25, 0.3) is 0 Å². The van der Waals surface area contributed by atoms with Gasteiger partial charge in [-0.05, 0) is 17.7 Å². The summed E-state index contributed by atoms with van der Waals surface area (Å²) in [5, 5.41) is 2.81. The summed E-state index contributed by atoms with van der Waals surface area (Å²) in [6, 6.07) is 6.90. The smallest absolute Gasteiger partial charge is 0.407 e. The Morgan fingerprint density at radius 3 is 2.50 bits per heavy atom. The van der Waals surface area contributed by atoms with E-state index in [1.165, 1.54) is 7.11 Å². The van der Waals surface area contributed by atoms with E-state index >= 15 is 0 Å². The number of hydrogen-bond acceptors (Lipinski definition) is 4. The van der Waals surface area contributed by atoms with Crippen LogP contribution in [0.2, 0.25) is 0 Å². The molecule has 1 aromatic rings. The zero-order valence-corrected chi connectivity index (χ0v) is 12.5. The minimum atomic E-state index is -0.415. The van der Waals surface area contributed by atoms with Crippen molar-refractivity contribution in [3.05, 3.63) is 35.4 Å². The molecule has 0 saturated carbocycles. The Labute approximate surface area is 124 Å². The lowest BCUT2D eigenvalue weighted by atomic mass is 9.80. The van der Waals surface area contributed by atoms with Crippen LogP contribution in [0.5, 0.6) is 0 Å². The summed E-state index contributed by atoms with van der Waals surface area (Å²) in [6.07, 6.45) is -0.415. The highest BCUT2D eigenvalue weighted by molar-refractivity contribution is 5.89. The maximum atomic E-state index is 11.4. The molecule has 2 rings (SSSR count). The summed E-state index contributed by atoms with van der Waals surface area (Å²) in [7, 11) is 1.35. The van der Waals surface area contributed by atoms with Crippen molar-refractivity contribution in [3.63, 3.8) is 0 Å². The van der Waals surface area contributed by atoms with Gasteiger partial charge in [0, 0.05) is 5.41 Å². The number of nitrogens with one attached hydrogen (secondary N) is 1. The number of methoxy groups -OCH3 is 1. The molecular formula is C14H18ClNO4. The van der Waals surface area contributed by atoms with Crippen LogP contribution in [0.4, 0.5) is 4.79 Å². The average Bonchev–Trinajstić information content (AvgIpc) is 2.41. The zero-order valence-electron chi connectivity index (χ0n) is 11.6. The first kappa shape index (κ1) is 16.3. The topological polar surface area (TPSA) is 64.6 Å². The van der Waals surface area contributed by atoms with Crippen LogP contribution in [0.1, 0.15) is 35.8 Å². The maximum absolute atomic E-state index is 11.4. The molecule has 1 atom stereocenters. The molecule has 20 heavy (non-hydrogen) atoms. The number of esters is 1. The van der Waals surface area contributed by atoms with Crippen molar-refractivity contribution in [1.29, 1.82) is 0 Å². The number of rotatable bonds is 2. The van der Waals surface area contributed by atoms with Crippen molar-refractivity contribution in [2.45, 2.75) is 19.9 Å². The van der Waals surface area contributed by atoms with E-state index in [0.717, 1.165) is 5.56 Å². The number of amides is 1. The van der Waals surface area contributed by atoms with E-state index in [-0.39, 0.29) is 29.8 Å². The summed E-state index contributed by atoms with van der Waals surface area (Å²) >= 11 is 0. The Hall–Kier alpha value is -1.75. The fourth-order valence-corrected chi connectivity index (χ4v) is 2.15. The first-order chi connectivity index (χ1) is 8.94. The van der Waals surface area contributed by atoms with Crippen LogP contribution in [0.15, 0.2) is 24.3 Å². The monoisotopic (exact) mass is 299 g/mol. The van der Waals surface area contributed by atoms with Gasteiger partial charge in [0.05, 0.1) is 18.7 Å². The van der Waals surface area contributed by atoms with Crippen LogP contribution >= 0.6 is 12.4 Å². The van der Waals surface area contributed by atoms with Crippen LogP contribution in [-0.2, 0) is 9.47 Å². The molecule has 1 aliphatic heterocycles. The van der Waals surface area contributed by atoms with Gasteiger partial charge in [-0.25, -0.2) is 9.59 Å². The Bertz CT molecular complexity index is 498. The van der Waals surface area contributed by atoms with Crippen molar-refractivity contribution >= 4 is 24.5 Å². The molecule has 1 saturated heterocycles. The van der Waals surface area contributed by atoms with Crippen LogP contribution < -0.4 is 5.32 Å². The standard InChI is InChI=1S/C14H17NO4.ClH/c1-14(2)8-19-13(17)15-11(14)9-4-6-10(7-5-9)12(16)18-3;/h4-7,11H,8H2,1-3H3,(H,15,17);1H/t11-;/m1./s1. The van der Waals surface area contributed by atoms with E-state index in [2.05, 4.69) is 10.1 Å². The first-order valence-electron chi connectivity index (χ1n) is 6.05. The third-order valence-corrected chi connectivity index (χ3v) is 3.28. The SMILES string of the molecule is COC(=O)c1ccc([C@H]2NC(=O)OCC2(C)C)cc1.Cl. The molecular weight excluding hydrogens is 282 g/mol. The van der Waals surface area contributed by atoms with E-state index in [4.69, 9.17) is 4.74 Å². The predicted molar refractivity (Wildman–Crippen MR) is 76.0 cm³/mol. The lowest BCUT2D eigenvalue weighted by Crippen LogP contribution is -2.46. The number of halogens is 1. The summed E-state index contributed by atoms with van der Waals surface area (Å²) in [4.78, 5) is 22.7. The fraction of sp³-hybridized carbons (Fsp3) is 0.429. The van der Waals surface area contributed by atoms with Gasteiger partial charge in [0.2, 0.25) is 0 Å². The molecule has 0 unspecified atom stereocenters. The second-order valence-electron chi connectivity index (χ2n) is 5.26. The van der Waals surface area contributed by atoms with Crippen LogP contribution in [-0.4, -0.2) is 25.8 Å². The van der Waals surface area contributed by atoms with Gasteiger partial charge in [-0.1, -0.05) is 26.0 Å². The lowest BCUT2D eigenvalue weighted by molar-refractivity contribution is 0.0387. The second-order valence-corrected chi connectivity index (χ2v) is 5.26. The molecule has 1 aliphatic rings. The van der Waals surface area contributed by atoms with Gasteiger partial charge in [-0.3, -0.25) is 0 Å². The molecule has 1 fully saturated rings. The van der Waals surface area contributed by atoms with Crippen molar-refractivity contribution in [2.24, 2.45) is 5.41 Å². The highest BCUT2D eigenvalue weighted by Crippen LogP contribution is 2.36. The molecule has 5 nitrogen and oxygen atoms in total. The van der Waals surface area contributed by atoms with Crippen molar-refractivity contribution < 1.29 is 19.1 Å². The number of hydrogen-bond donors (Lipinski definition) is 1. The Kier molecular flexibility index (Phi) is 5.00. The molecule has 0 spiro atoms. The van der Waals surface area contributed by atoms with Gasteiger partial charge in [-0.15, -0.1) is 12.4 Å². The number of cyclic esters (lactones) is 1. The molecule has 110 valence electrons. The number of carbonyl (C=O) groups excluding carboxylic acids is 2. The van der Waals surface area contributed by atoms with Crippen molar-refractivity contribution in [3.8, 4) is 0 Å². The number of carbonyl (C=O) groups is 2. The van der Waals surface area contributed by atoms with Gasteiger partial charge >= 0.3 is 12.1 Å². The first-order valence-corrected chi connectivity index (χ1v) is 6.05. The minimum Gasteiger partial charge on any atom is -0.465 e. The van der Waals surface area contributed by atoms with E-state index in [0.29, 0.717) is 12.2 Å². The van der Waals surface area contributed by atoms with Crippen molar-refractivity contribution in [2.75, 3.05) is 13.7 Å². The lowest BCUT2D eigenvalue weighted by Gasteiger charge is -2.38. The zero-order chi connectivity index (χ0) is 14.0. The third kappa shape index (κ3) is 3.22. The normalized spacial score (nSPS) is 20.1. The second kappa shape index (κ2) is 6.13. The van der Waals surface area contributed by atoms with Gasteiger partial charge in [-0.2, -0.15) is 0 Å². The Morgan fingerprint density at radius 2 is 1.95 bits per heavy atom. The molecule has 1 aromatic carbocycles. The highest BCUT2D eigenvalue weighted by Gasteiger charge is 2.37. The number of benzene rings is 1. The average molecular weight is 300 g/mol. The maximum Gasteiger partial charge on any atom is 0.407 e. The quantitative estimate of drug-likeness (QED) is 0.853. The molecule has 0 aliphatic carbocycles. The van der Waals surface area contributed by atoms with Gasteiger partial charge in [0.25, 0.3) is 0 Å². The highest BCUT2D eigenvalue weighted by atomic mass is 35.5. The summed E-state index contributed by atoms with van der Waals surface area (Å²) in [5.74, 6) is -0.373. The molecule has 1 amide bonds. The molecule has 1 heterocycles. The van der Waals surface area contributed by atoms with E-state index in [9.17, 15) is 9.59 Å². The summed E-state index contributed by atoms with van der Waals surface area (Å²) in [6.45, 7) is 4.40. The Morgan fingerprint density at radius 1 is 1.35 bits per heavy atom. The van der Waals surface area contributed by atoms with E-state index in [1.54, 1.807) is 12.1 Å². The molecule has 0 radical (unpaired) electrons. The number of ether oxygens (including phenoxy) is 2. The molecule has 6 heteroatoms. The minimum absolute atomic E-state index is 0. The van der Waals surface area contributed by atoms with Gasteiger partial charge in [0.15, 0.2) is 0 Å². The van der Waals surface area contributed by atoms with Gasteiger partial charge < -0.3 is 14.8 Å². The predicted octanol–water partition coefficient (Wildman–Crippen LogP) is 2.70. The fourth-order valence-electron chi connectivity index (χ4n) is 2.15. The van der Waals surface area contributed by atoms with Gasteiger partial charge in [0.1, 0.15) is 6.61 Å². The third-order valence-electron chi connectivity index (χ3n) is 3.28. The van der Waals surface area contributed by atoms with Crippen molar-refractivity contribution in [1.82, 2.24) is 5.32 Å². The van der Waals surface area contributed by atoms with E-state index in [1.807, 2.05) is 26.0 Å². The largest absolute Gasteiger partial charge is 0.465 e. The molecule has 0 aromatic heterocycles. The molecule has 1 N–H and O–H groups in total. The van der Waals surface area contributed by atoms with E-state index < -0.39 is 6.09 Å². The number of alkyl carbamates (subject to hydrolysis) is 1. The van der Waals surface area contributed by atoms with Crippen LogP contribution in [0, 0.1) is 5.41 Å². The molecule has 0 bridgehead atoms. The van der Waals surface area contributed by atoms with Crippen LogP contribution in [0.3, 0.4) is 0 Å². The summed E-state index contributed by atoms with van der Waals surface area (Å²) < 4.78 is 9.65. The summed E-state index contributed by atoms with van der Waals surface area (Å²) in [5.41, 5.74) is 1.22.